The summed E-state index contributed by atoms with van der Waals surface area (Å²) in [5.41, 5.74) is 10.1. The maximum Gasteiger partial charge on any atom is 0.336 e. The first-order valence-corrected chi connectivity index (χ1v) is 17.2. The molecule has 268 valence electrons. The van der Waals surface area contributed by atoms with Gasteiger partial charge in [0.1, 0.15) is 11.6 Å². The van der Waals surface area contributed by atoms with E-state index < -0.39 is 11.9 Å². The Kier molecular flexibility index (Phi) is 10.7. The summed E-state index contributed by atoms with van der Waals surface area (Å²) in [6.45, 7) is 4.98. The van der Waals surface area contributed by atoms with Gasteiger partial charge in [0.05, 0.1) is 34.7 Å². The third-order valence-corrected chi connectivity index (χ3v) is 9.02. The first kappa shape index (κ1) is 36.1. The Morgan fingerprint density at radius 1 is 0.830 bits per heavy atom. The van der Waals surface area contributed by atoms with Gasteiger partial charge in [0, 0.05) is 31.7 Å². The van der Waals surface area contributed by atoms with Crippen LogP contribution in [0.15, 0.2) is 109 Å². The van der Waals surface area contributed by atoms with Crippen LogP contribution in [0, 0.1) is 6.92 Å². The highest BCUT2D eigenvalue weighted by molar-refractivity contribution is 5.96. The number of methoxy groups -OCH3 is 1. The fourth-order valence-electron chi connectivity index (χ4n) is 6.33. The van der Waals surface area contributed by atoms with Crippen molar-refractivity contribution in [2.45, 2.75) is 33.2 Å². The number of carboxylic acid groups (broad SMARTS) is 1. The van der Waals surface area contributed by atoms with Gasteiger partial charge in [-0.25, -0.2) is 19.6 Å². The van der Waals surface area contributed by atoms with Gasteiger partial charge in [0.2, 0.25) is 0 Å². The predicted molar refractivity (Wildman–Crippen MR) is 207 cm³/mol. The minimum absolute atomic E-state index is 0.194. The lowest BCUT2D eigenvalue weighted by Gasteiger charge is -2.12. The molecule has 3 N–H and O–H groups in total. The molecule has 5 aromatic carbocycles. The van der Waals surface area contributed by atoms with E-state index in [0.29, 0.717) is 17.7 Å². The number of aryl methyl sites for hydroxylation is 3. The molecule has 0 aliphatic carbocycles. The van der Waals surface area contributed by atoms with E-state index in [-0.39, 0.29) is 11.5 Å². The Morgan fingerprint density at radius 2 is 1.57 bits per heavy atom. The van der Waals surface area contributed by atoms with Gasteiger partial charge in [-0.1, -0.05) is 67.6 Å². The van der Waals surface area contributed by atoms with Crippen LogP contribution in [0.5, 0.6) is 11.5 Å². The summed E-state index contributed by atoms with van der Waals surface area (Å²) in [5.74, 6) is 0.191. The standard InChI is InChI=1S/C33H30N4O2.C10H10O4/c1-4-9-30-35-31-21(2)18-24(32-34-27-12-7-8-13-28(27)36(32)3)19-29(31)37(30)20-22-14-16-23(17-15-22)25-10-5-6-11-26(25)33(38)39;1-14-10(13)5-3-7-2-4-8(11)9(12)6-7/h5-8,10-19H,4,9,20H2,1-3H3,(H,38,39);2-6,11-12H,1H3. The number of hydrogen-bond donors (Lipinski definition) is 3. The van der Waals surface area contributed by atoms with E-state index >= 15 is 0 Å². The number of phenolic OH excluding ortho intramolecular Hbond substituents is 2. The van der Waals surface area contributed by atoms with Crippen LogP contribution in [0.25, 0.3) is 50.7 Å². The number of aromatic nitrogens is 4. The zero-order valence-electron chi connectivity index (χ0n) is 29.9. The predicted octanol–water partition coefficient (Wildman–Crippen LogP) is 8.55. The van der Waals surface area contributed by atoms with Crippen molar-refractivity contribution < 1.29 is 29.6 Å². The van der Waals surface area contributed by atoms with Gasteiger partial charge in [-0.2, -0.15) is 0 Å². The lowest BCUT2D eigenvalue weighted by atomic mass is 9.98. The Bertz CT molecular complexity index is 2480. The molecule has 2 heterocycles. The Labute approximate surface area is 306 Å². The molecule has 0 fully saturated rings. The third kappa shape index (κ3) is 7.82. The van der Waals surface area contributed by atoms with Crippen LogP contribution < -0.4 is 0 Å². The molecule has 0 unspecified atom stereocenters. The number of benzene rings is 5. The van der Waals surface area contributed by atoms with E-state index in [2.05, 4.69) is 65.1 Å². The van der Waals surface area contributed by atoms with Crippen molar-refractivity contribution in [3.63, 3.8) is 0 Å². The molecule has 7 aromatic rings. The summed E-state index contributed by atoms with van der Waals surface area (Å²) < 4.78 is 8.86. The van der Waals surface area contributed by atoms with Crippen LogP contribution in [-0.2, 0) is 29.5 Å². The number of aromatic hydroxyl groups is 2. The summed E-state index contributed by atoms with van der Waals surface area (Å²) in [6, 6.07) is 32.1. The molecule has 0 aliphatic heterocycles. The monoisotopic (exact) mass is 708 g/mol. The molecule has 0 aliphatic rings. The van der Waals surface area contributed by atoms with Crippen molar-refractivity contribution in [2.24, 2.45) is 7.05 Å². The summed E-state index contributed by atoms with van der Waals surface area (Å²) in [5, 5.41) is 27.7. The molecule has 10 heteroatoms. The molecule has 0 atom stereocenters. The van der Waals surface area contributed by atoms with Crippen molar-refractivity contribution in [3.05, 3.63) is 137 Å². The fourth-order valence-corrected chi connectivity index (χ4v) is 6.33. The van der Waals surface area contributed by atoms with E-state index in [4.69, 9.17) is 20.2 Å². The highest BCUT2D eigenvalue weighted by Crippen LogP contribution is 2.31. The number of carbonyl (C=O) groups is 2. The van der Waals surface area contributed by atoms with Gasteiger partial charge in [-0.05, 0) is 89.7 Å². The Hall–Kier alpha value is -6.68. The molecule has 53 heavy (non-hydrogen) atoms. The highest BCUT2D eigenvalue weighted by Gasteiger charge is 2.18. The lowest BCUT2D eigenvalue weighted by Crippen LogP contribution is -2.05. The van der Waals surface area contributed by atoms with Crippen LogP contribution in [0.1, 0.15) is 46.2 Å². The molecule has 0 saturated carbocycles. The Morgan fingerprint density at radius 3 is 2.26 bits per heavy atom. The van der Waals surface area contributed by atoms with Crippen LogP contribution in [0.4, 0.5) is 0 Å². The van der Waals surface area contributed by atoms with Crippen molar-refractivity contribution in [1.82, 2.24) is 19.1 Å². The minimum Gasteiger partial charge on any atom is -0.504 e. The zero-order chi connectivity index (χ0) is 37.6. The molecule has 10 nitrogen and oxygen atoms in total. The Balaban J connectivity index is 0.000000290. The number of rotatable bonds is 9. The average molecular weight is 709 g/mol. The number of esters is 1. The van der Waals surface area contributed by atoms with Crippen molar-refractivity contribution in [1.29, 1.82) is 0 Å². The van der Waals surface area contributed by atoms with E-state index in [1.165, 1.54) is 31.4 Å². The van der Waals surface area contributed by atoms with Crippen molar-refractivity contribution >= 4 is 40.1 Å². The number of phenols is 2. The second-order valence-electron chi connectivity index (χ2n) is 12.7. The number of fused-ring (bicyclic) bond motifs is 2. The minimum atomic E-state index is -0.921. The SMILES string of the molecule is CCCc1nc2c(C)cc(-c3nc4ccccc4n3C)cc2n1Cc1ccc(-c2ccccc2C(=O)O)cc1.COC(=O)C=Cc1ccc(O)c(O)c1. The van der Waals surface area contributed by atoms with Gasteiger partial charge >= 0.3 is 11.9 Å². The number of carboxylic acids is 1. The highest BCUT2D eigenvalue weighted by atomic mass is 16.5. The van der Waals surface area contributed by atoms with E-state index in [1.807, 2.05) is 42.5 Å². The number of aromatic carboxylic acids is 1. The first-order valence-electron chi connectivity index (χ1n) is 17.2. The normalized spacial score (nSPS) is 11.2. The molecule has 0 spiro atoms. The molecule has 0 saturated heterocycles. The maximum atomic E-state index is 11.7. The molecule has 0 amide bonds. The summed E-state index contributed by atoms with van der Waals surface area (Å²) in [4.78, 5) is 32.4. The van der Waals surface area contributed by atoms with Crippen molar-refractivity contribution in [3.8, 4) is 34.0 Å². The molecule has 0 bridgehead atoms. The van der Waals surface area contributed by atoms with Gasteiger partial charge in [0.25, 0.3) is 0 Å². The van der Waals surface area contributed by atoms with Crippen LogP contribution in [0.2, 0.25) is 0 Å². The second kappa shape index (κ2) is 15.7. The first-order chi connectivity index (χ1) is 25.6. The molecular weight excluding hydrogens is 668 g/mol. The fraction of sp³-hybridized carbons (Fsp3) is 0.163. The van der Waals surface area contributed by atoms with Gasteiger partial charge in [-0.3, -0.25) is 0 Å². The largest absolute Gasteiger partial charge is 0.504 e. The van der Waals surface area contributed by atoms with E-state index in [9.17, 15) is 14.7 Å². The average Bonchev–Trinajstić information content (AvgIpc) is 3.69. The maximum absolute atomic E-state index is 11.7. The van der Waals surface area contributed by atoms with Crippen molar-refractivity contribution in [2.75, 3.05) is 7.11 Å². The van der Waals surface area contributed by atoms with Crippen LogP contribution in [-0.4, -0.2) is 53.5 Å². The molecular formula is C43H40N4O6. The number of nitrogens with zero attached hydrogens (tertiary/aromatic N) is 4. The van der Waals surface area contributed by atoms with Crippen LogP contribution in [0.3, 0.4) is 0 Å². The number of ether oxygens (including phenoxy) is 1. The number of para-hydroxylation sites is 2. The number of carbonyl (C=O) groups excluding carboxylic acids is 1. The van der Waals surface area contributed by atoms with E-state index in [0.717, 1.165) is 74.4 Å². The summed E-state index contributed by atoms with van der Waals surface area (Å²) >= 11 is 0. The summed E-state index contributed by atoms with van der Waals surface area (Å²) in [7, 11) is 3.34. The molecule has 7 rings (SSSR count). The zero-order valence-corrected chi connectivity index (χ0v) is 29.9. The number of hydrogen-bond acceptors (Lipinski definition) is 7. The molecule has 2 aromatic heterocycles. The number of imidazole rings is 2. The quantitative estimate of drug-likeness (QED) is 0.0770. The van der Waals surface area contributed by atoms with Gasteiger partial charge in [-0.15, -0.1) is 0 Å². The van der Waals surface area contributed by atoms with Gasteiger partial charge < -0.3 is 29.2 Å². The van der Waals surface area contributed by atoms with Gasteiger partial charge in [0.15, 0.2) is 11.5 Å². The van der Waals surface area contributed by atoms with Crippen LogP contribution >= 0.6 is 0 Å². The lowest BCUT2D eigenvalue weighted by molar-refractivity contribution is -0.134. The summed E-state index contributed by atoms with van der Waals surface area (Å²) in [6.07, 6.45) is 4.60. The smallest absolute Gasteiger partial charge is 0.336 e. The third-order valence-electron chi connectivity index (χ3n) is 9.02. The molecule has 0 radical (unpaired) electrons. The van der Waals surface area contributed by atoms with E-state index in [1.54, 1.807) is 18.2 Å². The second-order valence-corrected chi connectivity index (χ2v) is 12.7. The topological polar surface area (TPSA) is 140 Å².